The van der Waals surface area contributed by atoms with Crippen molar-refractivity contribution in [2.75, 3.05) is 0 Å². The molecule has 7 rings (SSSR count). The molecule has 2 atom stereocenters. The molecule has 334 valence electrons. The number of rotatable bonds is 12. The monoisotopic (exact) mass is 866 g/mol. The van der Waals surface area contributed by atoms with Crippen LogP contribution >= 0.6 is 0 Å². The smallest absolute Gasteiger partial charge is 0.303 e. The van der Waals surface area contributed by atoms with Crippen LogP contribution in [0.3, 0.4) is 0 Å². The highest BCUT2D eigenvalue weighted by molar-refractivity contribution is 5.97. The van der Waals surface area contributed by atoms with Crippen molar-refractivity contribution in [2.24, 2.45) is 0 Å². The lowest BCUT2D eigenvalue weighted by atomic mass is 9.91. The van der Waals surface area contributed by atoms with Gasteiger partial charge in [0.25, 0.3) is 0 Å². The number of carbonyl (C=O) groups is 2. The highest BCUT2D eigenvalue weighted by atomic mass is 16.4. The van der Waals surface area contributed by atoms with Crippen molar-refractivity contribution in [3.63, 3.8) is 0 Å². The molecule has 12 heteroatoms. The lowest BCUT2D eigenvalue weighted by Crippen LogP contribution is -1.97. The third-order valence-electron chi connectivity index (χ3n) is 12.1. The average Bonchev–Trinajstić information content (AvgIpc) is 3.92. The Kier molecular flexibility index (Phi) is 14.4. The van der Waals surface area contributed by atoms with E-state index in [1.165, 1.54) is 11.1 Å². The molecule has 3 aromatic heterocycles. The molecule has 5 heterocycles. The first-order chi connectivity index (χ1) is 30.4. The van der Waals surface area contributed by atoms with Gasteiger partial charge in [-0.1, -0.05) is 38.1 Å². The second-order valence-electron chi connectivity index (χ2n) is 16.4. The largest absolute Gasteiger partial charge is 0.508 e. The maximum atomic E-state index is 11.6. The van der Waals surface area contributed by atoms with E-state index in [0.717, 1.165) is 74.0 Å². The molecule has 0 saturated heterocycles. The summed E-state index contributed by atoms with van der Waals surface area (Å²) in [6, 6.07) is 22.2. The first-order valence-electron chi connectivity index (χ1n) is 21.7. The van der Waals surface area contributed by atoms with Gasteiger partial charge in [-0.05, 0) is 171 Å². The van der Waals surface area contributed by atoms with Crippen LogP contribution in [0.4, 0.5) is 0 Å². The van der Waals surface area contributed by atoms with E-state index in [-0.39, 0.29) is 37.2 Å². The number of aromatic amines is 2. The third kappa shape index (κ3) is 10.0. The van der Waals surface area contributed by atoms with Gasteiger partial charge < -0.3 is 40.6 Å². The maximum Gasteiger partial charge on any atom is 0.303 e. The molecule has 0 spiro atoms. The molecule has 8 bridgehead atoms. The topological polar surface area (TPSA) is 213 Å². The minimum absolute atomic E-state index is 0.0750. The Hall–Kier alpha value is -6.76. The van der Waals surface area contributed by atoms with Crippen LogP contribution in [-0.4, -0.2) is 62.5 Å². The molecule has 5 aromatic rings. The average molecular weight is 867 g/mol. The van der Waals surface area contributed by atoms with Crippen LogP contribution in [0.2, 0.25) is 0 Å². The van der Waals surface area contributed by atoms with Gasteiger partial charge in [0.05, 0.1) is 35.0 Å². The summed E-state index contributed by atoms with van der Waals surface area (Å²) in [6.07, 6.45) is 0.673. The number of phenols is 2. The van der Waals surface area contributed by atoms with E-state index >= 15 is 0 Å². The van der Waals surface area contributed by atoms with Crippen molar-refractivity contribution in [3.8, 4) is 11.5 Å². The van der Waals surface area contributed by atoms with Crippen molar-refractivity contribution >= 4 is 67.4 Å². The van der Waals surface area contributed by atoms with Gasteiger partial charge in [0.2, 0.25) is 0 Å². The Bertz CT molecular complexity index is 2800. The molecule has 8 N–H and O–H groups in total. The van der Waals surface area contributed by atoms with Gasteiger partial charge >= 0.3 is 11.9 Å². The van der Waals surface area contributed by atoms with Crippen LogP contribution in [0.15, 0.2) is 72.8 Å². The van der Waals surface area contributed by atoms with Gasteiger partial charge in [0, 0.05) is 46.0 Å². The van der Waals surface area contributed by atoms with E-state index in [1.54, 1.807) is 38.1 Å². The minimum Gasteiger partial charge on any atom is -0.508 e. The van der Waals surface area contributed by atoms with Crippen LogP contribution in [0.5, 0.6) is 11.5 Å². The quantitative estimate of drug-likeness (QED) is 0.0556. The highest BCUT2D eigenvalue weighted by Gasteiger charge is 2.24. The number of carboxylic acid groups (broad SMARTS) is 2. The normalized spacial score (nSPS) is 13.9. The molecule has 2 aromatic carbocycles. The number of aliphatic hydroxyl groups is 2. The number of hydrogen-bond donors (Lipinski definition) is 8. The first-order valence-corrected chi connectivity index (χ1v) is 21.7. The van der Waals surface area contributed by atoms with Gasteiger partial charge in [-0.3, -0.25) is 9.59 Å². The van der Waals surface area contributed by atoms with E-state index < -0.39 is 24.1 Å². The number of fused-ring (bicyclic) bond motifs is 8. The predicted octanol–water partition coefficient (Wildman–Crippen LogP) is 11.5. The molecule has 2 aliphatic heterocycles. The van der Waals surface area contributed by atoms with E-state index in [9.17, 15) is 40.2 Å². The van der Waals surface area contributed by atoms with Crippen molar-refractivity contribution in [2.45, 2.75) is 106 Å². The molecule has 0 radical (unpaired) electrons. The molecular formula is C52H58N4O8. The summed E-state index contributed by atoms with van der Waals surface area (Å²) in [5.41, 5.74) is 16.6. The van der Waals surface area contributed by atoms with Gasteiger partial charge in [-0.25, -0.2) is 9.97 Å². The lowest BCUT2D eigenvalue weighted by molar-refractivity contribution is -0.137. The zero-order valence-electron chi connectivity index (χ0n) is 37.7. The molecule has 0 fully saturated rings. The standard InChI is InChI=1S/C34H38N4O6.C18H20O2/c1-15-21(7-9-31(41)42)27-14-28-22(8-10-32(43)44)16(2)24(36-28)12-29-34(20(6)40)18(4)26(38-29)13-30-33(19(5)39)17(3)25(37-30)11-23(15)35-27;1-3-17(13-5-9-15(19)10-6-13)18(4-2)14-7-11-16(20)12-8-14/h11-14,19-20,37-40H,7-10H2,1-6H3,(H,41,42)(H,43,44);5-12,19-20H,3-4H2,1-2H3/b;18-17+. The van der Waals surface area contributed by atoms with Crippen LogP contribution in [0, 0.1) is 13.8 Å². The van der Waals surface area contributed by atoms with E-state index in [0.29, 0.717) is 39.4 Å². The summed E-state index contributed by atoms with van der Waals surface area (Å²) in [4.78, 5) is 39.8. The van der Waals surface area contributed by atoms with Gasteiger partial charge in [-0.2, -0.15) is 0 Å². The predicted molar refractivity (Wildman–Crippen MR) is 254 cm³/mol. The summed E-state index contributed by atoms with van der Waals surface area (Å²) in [5, 5.41) is 59.3. The SMILES string of the molecule is CC/C(=C(/CC)c1ccc(O)cc1)c1ccc(O)cc1.CC1=C(CCC(=O)O)c2cc3nc(cc4[nH]c(cc5[nH]c(cc1n2)c(C)c5C(C)O)c(C)c4C(C)O)C(C)=C3CCC(=O)O. The highest BCUT2D eigenvalue weighted by Crippen LogP contribution is 2.39. The Morgan fingerprint density at radius 1 is 0.547 bits per heavy atom. The Morgan fingerprint density at radius 2 is 0.906 bits per heavy atom. The van der Waals surface area contributed by atoms with Crippen LogP contribution in [0.25, 0.3) is 55.5 Å². The molecule has 2 aliphatic rings. The van der Waals surface area contributed by atoms with Crippen LogP contribution in [-0.2, 0) is 9.59 Å². The van der Waals surface area contributed by atoms with E-state index in [4.69, 9.17) is 9.97 Å². The lowest BCUT2D eigenvalue weighted by Gasteiger charge is -2.14. The van der Waals surface area contributed by atoms with E-state index in [2.05, 4.69) is 23.8 Å². The minimum atomic E-state index is -0.921. The fourth-order valence-electron chi connectivity index (χ4n) is 8.83. The maximum absolute atomic E-state index is 11.6. The first kappa shape index (κ1) is 46.7. The molecule has 12 nitrogen and oxygen atoms in total. The molecule has 0 amide bonds. The number of hydrogen-bond acceptors (Lipinski definition) is 8. The number of phenolic OH excluding ortho intramolecular Hbond substituents is 2. The number of aromatic nitrogens is 4. The summed E-state index contributed by atoms with van der Waals surface area (Å²) in [6.45, 7) is 15.4. The number of benzene rings is 2. The Labute approximate surface area is 373 Å². The fraction of sp³-hybridized carbons (Fsp3) is 0.308. The zero-order chi connectivity index (χ0) is 46.6. The van der Waals surface area contributed by atoms with Crippen molar-refractivity contribution in [1.82, 2.24) is 19.9 Å². The summed E-state index contributed by atoms with van der Waals surface area (Å²) >= 11 is 0. The number of allylic oxidation sites excluding steroid dienone is 6. The summed E-state index contributed by atoms with van der Waals surface area (Å²) in [7, 11) is 0. The second-order valence-corrected chi connectivity index (χ2v) is 16.4. The van der Waals surface area contributed by atoms with Gasteiger partial charge in [0.15, 0.2) is 0 Å². The number of nitrogens with one attached hydrogen (secondary N) is 2. The molecule has 0 saturated carbocycles. The van der Waals surface area contributed by atoms with Crippen LogP contribution in [0.1, 0.15) is 148 Å². The Balaban J connectivity index is 0.000000284. The fourth-order valence-corrected chi connectivity index (χ4v) is 8.83. The van der Waals surface area contributed by atoms with E-state index in [1.807, 2.05) is 76.2 Å². The molecule has 64 heavy (non-hydrogen) atoms. The third-order valence-corrected chi connectivity index (χ3v) is 12.1. The number of aliphatic hydroxyl groups excluding tert-OH is 2. The summed E-state index contributed by atoms with van der Waals surface area (Å²) < 4.78 is 0. The number of carboxylic acids is 2. The second kappa shape index (κ2) is 19.7. The van der Waals surface area contributed by atoms with Crippen molar-refractivity contribution in [1.29, 1.82) is 0 Å². The van der Waals surface area contributed by atoms with Crippen molar-refractivity contribution < 1.29 is 40.2 Å². The number of nitrogens with zero attached hydrogens (tertiary/aromatic N) is 2. The number of aliphatic carboxylic acids is 2. The number of H-pyrrole nitrogens is 2. The number of aryl methyl sites for hydroxylation is 2. The Morgan fingerprint density at radius 3 is 1.27 bits per heavy atom. The molecule has 0 aliphatic carbocycles. The molecular weight excluding hydrogens is 809 g/mol. The zero-order valence-corrected chi connectivity index (χ0v) is 37.7. The molecule has 2 unspecified atom stereocenters. The van der Waals surface area contributed by atoms with Gasteiger partial charge in [-0.15, -0.1) is 0 Å². The van der Waals surface area contributed by atoms with Crippen LogP contribution < -0.4 is 0 Å². The summed E-state index contributed by atoms with van der Waals surface area (Å²) in [5.74, 6) is -1.27. The van der Waals surface area contributed by atoms with Gasteiger partial charge in [0.1, 0.15) is 11.5 Å². The van der Waals surface area contributed by atoms with Crippen molar-refractivity contribution in [3.05, 3.63) is 129 Å². The number of aromatic hydroxyl groups is 2.